The molecule has 5 nitrogen and oxygen atoms in total. The van der Waals surface area contributed by atoms with Gasteiger partial charge in [0.05, 0.1) is 17.8 Å². The molecule has 0 aliphatic heterocycles. The quantitative estimate of drug-likeness (QED) is 0.718. The number of aryl methyl sites for hydroxylation is 3. The van der Waals surface area contributed by atoms with Gasteiger partial charge in [-0.05, 0) is 62.4 Å². The molecule has 1 aliphatic carbocycles. The molecule has 0 atom stereocenters. The van der Waals surface area contributed by atoms with Crippen molar-refractivity contribution in [3.63, 3.8) is 0 Å². The lowest BCUT2D eigenvalue weighted by molar-refractivity contribution is 0.482. The topological polar surface area (TPSA) is 62.7 Å². The summed E-state index contributed by atoms with van der Waals surface area (Å²) in [5.74, 6) is 0. The van der Waals surface area contributed by atoms with Gasteiger partial charge in [0.1, 0.15) is 0 Å². The molecule has 1 aliphatic rings. The highest BCUT2D eigenvalue weighted by Crippen LogP contribution is 2.32. The molecule has 0 saturated heterocycles. The molecule has 1 saturated carbocycles. The van der Waals surface area contributed by atoms with Gasteiger partial charge in [0.2, 0.25) is 0 Å². The molecule has 2 aromatic heterocycles. The van der Waals surface area contributed by atoms with Gasteiger partial charge in [-0.3, -0.25) is 9.48 Å². The molecule has 0 amide bonds. The second-order valence-corrected chi connectivity index (χ2v) is 7.93. The Morgan fingerprint density at radius 1 is 1.15 bits per heavy atom. The molecule has 2 heterocycles. The molecule has 1 aromatic carbocycles. The van der Waals surface area contributed by atoms with Crippen molar-refractivity contribution in [3.8, 4) is 0 Å². The lowest BCUT2D eigenvalue weighted by atomic mass is 10.1. The molecule has 3 aromatic rings. The van der Waals surface area contributed by atoms with Crippen molar-refractivity contribution in [2.75, 3.05) is 0 Å². The molecule has 4 rings (SSSR count). The van der Waals surface area contributed by atoms with Crippen LogP contribution in [0.3, 0.4) is 0 Å². The first kappa shape index (κ1) is 18.0. The zero-order valence-corrected chi connectivity index (χ0v) is 16.4. The molecule has 0 bridgehead atoms. The molecule has 0 unspecified atom stereocenters. The van der Waals surface area contributed by atoms with Gasteiger partial charge in [-0.25, -0.2) is 0 Å². The number of aromatic amines is 1. The molecular formula is C22H28N4O. The number of hydrogen-bond donors (Lipinski definition) is 2. The van der Waals surface area contributed by atoms with Gasteiger partial charge < -0.3 is 10.3 Å². The van der Waals surface area contributed by atoms with E-state index < -0.39 is 0 Å². The summed E-state index contributed by atoms with van der Waals surface area (Å²) in [6, 6.07) is 7.04. The predicted molar refractivity (Wildman–Crippen MR) is 109 cm³/mol. The maximum Gasteiger partial charge on any atom is 0.252 e. The Morgan fingerprint density at radius 3 is 2.67 bits per heavy atom. The van der Waals surface area contributed by atoms with Gasteiger partial charge in [-0.15, -0.1) is 0 Å². The number of benzene rings is 1. The number of nitrogens with zero attached hydrogens (tertiary/aromatic N) is 2. The minimum Gasteiger partial charge on any atom is -0.326 e. The van der Waals surface area contributed by atoms with E-state index in [1.165, 1.54) is 47.7 Å². The highest BCUT2D eigenvalue weighted by atomic mass is 16.1. The van der Waals surface area contributed by atoms with Crippen LogP contribution in [0.4, 0.5) is 0 Å². The second-order valence-electron chi connectivity index (χ2n) is 7.93. The third-order valence-corrected chi connectivity index (χ3v) is 5.73. The average Bonchev–Trinajstić information content (AvgIpc) is 3.25. The summed E-state index contributed by atoms with van der Waals surface area (Å²) in [5.41, 5.74) is 6.49. The zero-order valence-electron chi connectivity index (χ0n) is 16.4. The molecule has 142 valence electrons. The normalized spacial score (nSPS) is 15.1. The Kier molecular flexibility index (Phi) is 4.87. The Bertz CT molecular complexity index is 1020. The number of fused-ring (bicyclic) bond motifs is 1. The van der Waals surface area contributed by atoms with Crippen LogP contribution in [-0.2, 0) is 13.1 Å². The van der Waals surface area contributed by atoms with Crippen molar-refractivity contribution in [1.82, 2.24) is 20.1 Å². The van der Waals surface area contributed by atoms with E-state index in [1.54, 1.807) is 0 Å². The van der Waals surface area contributed by atoms with E-state index in [4.69, 9.17) is 5.10 Å². The first-order valence-corrected chi connectivity index (χ1v) is 9.90. The summed E-state index contributed by atoms with van der Waals surface area (Å²) >= 11 is 0. The van der Waals surface area contributed by atoms with Crippen LogP contribution < -0.4 is 10.9 Å². The molecule has 1 fully saturated rings. The van der Waals surface area contributed by atoms with E-state index in [0.29, 0.717) is 12.6 Å². The highest BCUT2D eigenvalue weighted by Gasteiger charge is 2.20. The van der Waals surface area contributed by atoms with E-state index in [0.717, 1.165) is 23.4 Å². The van der Waals surface area contributed by atoms with Crippen molar-refractivity contribution in [1.29, 1.82) is 0 Å². The van der Waals surface area contributed by atoms with Crippen molar-refractivity contribution in [2.45, 2.75) is 65.6 Å². The Balaban J connectivity index is 1.57. The molecule has 5 heteroatoms. The summed E-state index contributed by atoms with van der Waals surface area (Å²) < 4.78 is 2.23. The van der Waals surface area contributed by atoms with Crippen molar-refractivity contribution in [2.24, 2.45) is 0 Å². The molecule has 0 radical (unpaired) electrons. The third-order valence-electron chi connectivity index (χ3n) is 5.73. The van der Waals surface area contributed by atoms with Crippen molar-refractivity contribution >= 4 is 10.9 Å². The maximum atomic E-state index is 12.2. The number of aromatic nitrogens is 3. The van der Waals surface area contributed by atoms with Crippen LogP contribution in [0, 0.1) is 20.8 Å². The van der Waals surface area contributed by atoms with Crippen LogP contribution >= 0.6 is 0 Å². The monoisotopic (exact) mass is 364 g/mol. The Hall–Kier alpha value is -2.40. The van der Waals surface area contributed by atoms with Gasteiger partial charge in [-0.1, -0.05) is 18.9 Å². The smallest absolute Gasteiger partial charge is 0.252 e. The fourth-order valence-electron chi connectivity index (χ4n) is 4.38. The zero-order chi connectivity index (χ0) is 19.0. The maximum absolute atomic E-state index is 12.2. The average molecular weight is 364 g/mol. The fraction of sp³-hybridized carbons (Fsp3) is 0.455. The third kappa shape index (κ3) is 3.56. The van der Waals surface area contributed by atoms with E-state index in [-0.39, 0.29) is 5.56 Å². The van der Waals surface area contributed by atoms with E-state index in [2.05, 4.69) is 34.0 Å². The minimum absolute atomic E-state index is 0.00319. The SMILES string of the molecule is Cc1cc(CNCc2c(C)cc(C)[nH]c2=O)c2cnn(C3CCCC3)c2c1. The highest BCUT2D eigenvalue weighted by molar-refractivity contribution is 5.83. The first-order chi connectivity index (χ1) is 13.0. The lowest BCUT2D eigenvalue weighted by Crippen LogP contribution is -2.22. The van der Waals surface area contributed by atoms with Crippen LogP contribution in [0.5, 0.6) is 0 Å². The fourth-order valence-corrected chi connectivity index (χ4v) is 4.38. The predicted octanol–water partition coefficient (Wildman–Crippen LogP) is 4.05. The van der Waals surface area contributed by atoms with Gasteiger partial charge in [0.15, 0.2) is 0 Å². The standard InChI is InChI=1S/C22H28N4O/c1-14-8-17(11-23-12-19-15(2)10-16(3)25-22(19)27)20-13-24-26(21(20)9-14)18-6-4-5-7-18/h8-10,13,18,23H,4-7,11-12H2,1-3H3,(H,25,27). The number of rotatable bonds is 5. The number of pyridine rings is 1. The largest absolute Gasteiger partial charge is 0.326 e. The van der Waals surface area contributed by atoms with Crippen LogP contribution in [0.15, 0.2) is 29.2 Å². The van der Waals surface area contributed by atoms with Crippen molar-refractivity contribution < 1.29 is 0 Å². The number of hydrogen-bond acceptors (Lipinski definition) is 3. The Morgan fingerprint density at radius 2 is 1.93 bits per heavy atom. The second kappa shape index (κ2) is 7.31. The van der Waals surface area contributed by atoms with Gasteiger partial charge >= 0.3 is 0 Å². The van der Waals surface area contributed by atoms with Crippen LogP contribution in [0.2, 0.25) is 0 Å². The summed E-state index contributed by atoms with van der Waals surface area (Å²) in [6.07, 6.45) is 7.07. The summed E-state index contributed by atoms with van der Waals surface area (Å²) in [4.78, 5) is 15.1. The molecular weight excluding hydrogens is 336 g/mol. The van der Waals surface area contributed by atoms with Gasteiger partial charge in [0, 0.05) is 29.7 Å². The summed E-state index contributed by atoms with van der Waals surface area (Å²) in [7, 11) is 0. The minimum atomic E-state index is 0.00319. The van der Waals surface area contributed by atoms with E-state index in [1.807, 2.05) is 26.1 Å². The number of nitrogens with one attached hydrogen (secondary N) is 2. The van der Waals surface area contributed by atoms with Crippen LogP contribution in [0.25, 0.3) is 10.9 Å². The van der Waals surface area contributed by atoms with Crippen LogP contribution in [-0.4, -0.2) is 14.8 Å². The molecule has 2 N–H and O–H groups in total. The van der Waals surface area contributed by atoms with E-state index in [9.17, 15) is 4.79 Å². The van der Waals surface area contributed by atoms with Gasteiger partial charge in [-0.2, -0.15) is 5.10 Å². The van der Waals surface area contributed by atoms with Gasteiger partial charge in [0.25, 0.3) is 5.56 Å². The first-order valence-electron chi connectivity index (χ1n) is 9.90. The van der Waals surface area contributed by atoms with E-state index >= 15 is 0 Å². The lowest BCUT2D eigenvalue weighted by Gasteiger charge is -2.13. The summed E-state index contributed by atoms with van der Waals surface area (Å²) in [6.45, 7) is 7.34. The molecule has 27 heavy (non-hydrogen) atoms. The molecule has 0 spiro atoms. The number of H-pyrrole nitrogens is 1. The summed E-state index contributed by atoms with van der Waals surface area (Å²) in [5, 5.41) is 9.39. The van der Waals surface area contributed by atoms with Crippen LogP contribution in [0.1, 0.15) is 59.7 Å². The van der Waals surface area contributed by atoms with Crippen molar-refractivity contribution in [3.05, 3.63) is 62.7 Å². The Labute approximate surface area is 159 Å².